The Morgan fingerprint density at radius 3 is 2.17 bits per heavy atom. The highest BCUT2D eigenvalue weighted by Gasteiger charge is 2.23. The van der Waals surface area contributed by atoms with E-state index < -0.39 is 39.3 Å². The van der Waals surface area contributed by atoms with E-state index in [4.69, 9.17) is 11.6 Å². The standard InChI is InChI=1S/C15H13ClF2N2O3S/c1-9(15(21)19-14-12(17)3-2-4-13(14)18)20-24(22,23)11-7-5-10(16)6-8-11/h2-9,20H,1H3,(H,19,21)/t9-/m0/s1. The summed E-state index contributed by atoms with van der Waals surface area (Å²) in [7, 11) is -3.99. The highest BCUT2D eigenvalue weighted by Crippen LogP contribution is 2.18. The Hall–Kier alpha value is -2.03. The van der Waals surface area contributed by atoms with Crippen molar-refractivity contribution in [3.8, 4) is 0 Å². The number of benzene rings is 2. The molecule has 1 atom stereocenters. The molecule has 0 aromatic heterocycles. The fraction of sp³-hybridized carbons (Fsp3) is 0.133. The Labute approximate surface area is 142 Å². The smallest absolute Gasteiger partial charge is 0.242 e. The van der Waals surface area contributed by atoms with Crippen LogP contribution >= 0.6 is 11.6 Å². The predicted molar refractivity (Wildman–Crippen MR) is 86.2 cm³/mol. The second-order valence-electron chi connectivity index (χ2n) is 4.88. The summed E-state index contributed by atoms with van der Waals surface area (Å²) in [6.45, 7) is 1.25. The van der Waals surface area contributed by atoms with Crippen LogP contribution < -0.4 is 10.0 Å². The van der Waals surface area contributed by atoms with Gasteiger partial charge in [-0.2, -0.15) is 4.72 Å². The number of anilines is 1. The lowest BCUT2D eigenvalue weighted by Gasteiger charge is -2.15. The second-order valence-corrected chi connectivity index (χ2v) is 7.03. The zero-order valence-corrected chi connectivity index (χ0v) is 14.0. The van der Waals surface area contributed by atoms with Crippen LogP contribution in [0.1, 0.15) is 6.92 Å². The van der Waals surface area contributed by atoms with E-state index in [-0.39, 0.29) is 4.90 Å². The molecule has 0 saturated heterocycles. The molecular weight excluding hydrogens is 362 g/mol. The Kier molecular flexibility index (Phi) is 5.53. The summed E-state index contributed by atoms with van der Waals surface area (Å²) in [4.78, 5) is 11.9. The topological polar surface area (TPSA) is 75.3 Å². The van der Waals surface area contributed by atoms with Crippen LogP contribution in [0.3, 0.4) is 0 Å². The molecule has 0 heterocycles. The molecule has 0 fully saturated rings. The summed E-state index contributed by atoms with van der Waals surface area (Å²) in [6, 6.07) is 7.14. The minimum Gasteiger partial charge on any atom is -0.320 e. The first-order valence-corrected chi connectivity index (χ1v) is 8.59. The lowest BCUT2D eigenvalue weighted by Crippen LogP contribution is -2.41. The van der Waals surface area contributed by atoms with Gasteiger partial charge in [-0.3, -0.25) is 4.79 Å². The van der Waals surface area contributed by atoms with Crippen LogP contribution in [0.2, 0.25) is 5.02 Å². The first-order valence-electron chi connectivity index (χ1n) is 6.73. The first kappa shape index (κ1) is 18.3. The van der Waals surface area contributed by atoms with Crippen molar-refractivity contribution in [1.82, 2.24) is 4.72 Å². The molecule has 2 N–H and O–H groups in total. The van der Waals surface area contributed by atoms with E-state index >= 15 is 0 Å². The Morgan fingerprint density at radius 2 is 1.62 bits per heavy atom. The van der Waals surface area contributed by atoms with Gasteiger partial charge in [0.25, 0.3) is 0 Å². The van der Waals surface area contributed by atoms with Crippen molar-refractivity contribution >= 4 is 33.2 Å². The van der Waals surface area contributed by atoms with Crippen LogP contribution in [-0.4, -0.2) is 20.4 Å². The van der Waals surface area contributed by atoms with Crippen LogP contribution in [0.15, 0.2) is 47.4 Å². The summed E-state index contributed by atoms with van der Waals surface area (Å²) in [5, 5.41) is 2.38. The maximum absolute atomic E-state index is 13.5. The van der Waals surface area contributed by atoms with Crippen molar-refractivity contribution in [3.05, 3.63) is 59.1 Å². The fourth-order valence-corrected chi connectivity index (χ4v) is 3.15. The molecule has 1 amide bonds. The third-order valence-corrected chi connectivity index (χ3v) is 4.87. The van der Waals surface area contributed by atoms with Gasteiger partial charge in [0, 0.05) is 5.02 Å². The number of amides is 1. The average molecular weight is 375 g/mol. The molecule has 0 aliphatic heterocycles. The molecule has 2 rings (SSSR count). The molecule has 0 aliphatic carbocycles. The Morgan fingerprint density at radius 1 is 1.08 bits per heavy atom. The fourth-order valence-electron chi connectivity index (χ4n) is 1.82. The molecule has 0 bridgehead atoms. The van der Waals surface area contributed by atoms with Gasteiger partial charge in [-0.25, -0.2) is 17.2 Å². The number of hydrogen-bond donors (Lipinski definition) is 2. The number of sulfonamides is 1. The zero-order chi connectivity index (χ0) is 17.9. The molecule has 0 unspecified atom stereocenters. The lowest BCUT2D eigenvalue weighted by molar-refractivity contribution is -0.117. The molecule has 0 radical (unpaired) electrons. The van der Waals surface area contributed by atoms with E-state index in [0.29, 0.717) is 5.02 Å². The summed E-state index contributed by atoms with van der Waals surface area (Å²) in [6.07, 6.45) is 0. The summed E-state index contributed by atoms with van der Waals surface area (Å²) in [5.41, 5.74) is -0.639. The van der Waals surface area contributed by atoms with Crippen molar-refractivity contribution in [3.63, 3.8) is 0 Å². The summed E-state index contributed by atoms with van der Waals surface area (Å²) in [5.74, 6) is -2.83. The summed E-state index contributed by atoms with van der Waals surface area (Å²) >= 11 is 5.69. The highest BCUT2D eigenvalue weighted by molar-refractivity contribution is 7.89. The van der Waals surface area contributed by atoms with Gasteiger partial charge >= 0.3 is 0 Å². The molecule has 5 nitrogen and oxygen atoms in total. The number of para-hydroxylation sites is 1. The quantitative estimate of drug-likeness (QED) is 0.845. The van der Waals surface area contributed by atoms with Gasteiger partial charge in [0.05, 0.1) is 10.9 Å². The maximum atomic E-state index is 13.5. The third kappa shape index (κ3) is 4.28. The normalized spacial score (nSPS) is 12.7. The largest absolute Gasteiger partial charge is 0.320 e. The van der Waals surface area contributed by atoms with Gasteiger partial charge in [-0.15, -0.1) is 0 Å². The van der Waals surface area contributed by atoms with Gasteiger partial charge in [-0.1, -0.05) is 17.7 Å². The van der Waals surface area contributed by atoms with Gasteiger partial charge in [0.1, 0.15) is 17.3 Å². The van der Waals surface area contributed by atoms with E-state index in [0.717, 1.165) is 18.2 Å². The Bertz CT molecular complexity index is 837. The number of carbonyl (C=O) groups is 1. The number of carbonyl (C=O) groups excluding carboxylic acids is 1. The number of halogens is 3. The van der Waals surface area contributed by atoms with Crippen molar-refractivity contribution in [2.24, 2.45) is 0 Å². The molecule has 0 spiro atoms. The molecule has 9 heteroatoms. The van der Waals surface area contributed by atoms with Crippen molar-refractivity contribution in [2.75, 3.05) is 5.32 Å². The van der Waals surface area contributed by atoms with E-state index in [1.807, 2.05) is 5.32 Å². The van der Waals surface area contributed by atoms with Gasteiger partial charge in [-0.05, 0) is 43.3 Å². The SMILES string of the molecule is C[C@H](NS(=O)(=O)c1ccc(Cl)cc1)C(=O)Nc1c(F)cccc1F. The molecule has 0 aliphatic rings. The molecule has 24 heavy (non-hydrogen) atoms. The van der Waals surface area contributed by atoms with Crippen molar-refractivity contribution < 1.29 is 22.0 Å². The Balaban J connectivity index is 2.12. The van der Waals surface area contributed by atoms with Gasteiger partial charge in [0.2, 0.25) is 15.9 Å². The lowest BCUT2D eigenvalue weighted by atomic mass is 10.2. The van der Waals surface area contributed by atoms with E-state index in [2.05, 4.69) is 4.72 Å². The predicted octanol–water partition coefficient (Wildman–Crippen LogP) is 2.92. The first-order chi connectivity index (χ1) is 11.2. The zero-order valence-electron chi connectivity index (χ0n) is 12.4. The average Bonchev–Trinajstić information content (AvgIpc) is 2.51. The molecule has 128 valence electrons. The van der Waals surface area contributed by atoms with Crippen LogP contribution in [-0.2, 0) is 14.8 Å². The van der Waals surface area contributed by atoms with Gasteiger partial charge in [0.15, 0.2) is 0 Å². The van der Waals surface area contributed by atoms with Gasteiger partial charge < -0.3 is 5.32 Å². The number of hydrogen-bond acceptors (Lipinski definition) is 3. The molecule has 0 saturated carbocycles. The van der Waals surface area contributed by atoms with Crippen molar-refractivity contribution in [1.29, 1.82) is 0 Å². The molecule has 2 aromatic carbocycles. The second kappa shape index (κ2) is 7.25. The van der Waals surface area contributed by atoms with Crippen LogP contribution in [0.5, 0.6) is 0 Å². The number of nitrogens with one attached hydrogen (secondary N) is 2. The minimum absolute atomic E-state index is 0.0939. The van der Waals surface area contributed by atoms with Crippen LogP contribution in [0.25, 0.3) is 0 Å². The van der Waals surface area contributed by atoms with E-state index in [1.165, 1.54) is 31.2 Å². The minimum atomic E-state index is -3.99. The molecule has 2 aromatic rings. The number of rotatable bonds is 5. The molecular formula is C15H13ClF2N2O3S. The highest BCUT2D eigenvalue weighted by atomic mass is 35.5. The maximum Gasteiger partial charge on any atom is 0.242 e. The third-order valence-electron chi connectivity index (χ3n) is 3.06. The van der Waals surface area contributed by atoms with E-state index in [1.54, 1.807) is 0 Å². The van der Waals surface area contributed by atoms with Crippen LogP contribution in [0.4, 0.5) is 14.5 Å². The van der Waals surface area contributed by atoms with Crippen molar-refractivity contribution in [2.45, 2.75) is 17.9 Å². The monoisotopic (exact) mass is 374 g/mol. The van der Waals surface area contributed by atoms with E-state index in [9.17, 15) is 22.0 Å². The van der Waals surface area contributed by atoms with Crippen LogP contribution in [0, 0.1) is 11.6 Å². The summed E-state index contributed by atoms with van der Waals surface area (Å²) < 4.78 is 53.5.